The van der Waals surface area contributed by atoms with Crippen LogP contribution < -0.4 is 10.6 Å². The molecule has 1 aliphatic heterocycles. The normalized spacial score (nSPS) is 22.0. The van der Waals surface area contributed by atoms with Crippen molar-refractivity contribution in [3.8, 4) is 0 Å². The lowest BCUT2D eigenvalue weighted by Gasteiger charge is -2.19. The predicted molar refractivity (Wildman–Crippen MR) is 70.2 cm³/mol. The van der Waals surface area contributed by atoms with E-state index in [1.165, 1.54) is 25.8 Å². The molecule has 0 aromatic heterocycles. The minimum absolute atomic E-state index is 0.481. The first-order valence-electron chi connectivity index (χ1n) is 5.99. The lowest BCUT2D eigenvalue weighted by molar-refractivity contribution is 0.523. The van der Waals surface area contributed by atoms with Crippen molar-refractivity contribution in [2.45, 2.75) is 38.3 Å². The molecular weight excluding hydrogens is 220 g/mol. The lowest BCUT2D eigenvalue weighted by atomic mass is 10.1. The first kappa shape index (κ1) is 11.7. The van der Waals surface area contributed by atoms with Gasteiger partial charge in [-0.05, 0) is 50.9 Å². The van der Waals surface area contributed by atoms with E-state index >= 15 is 0 Å². The molecule has 16 heavy (non-hydrogen) atoms. The quantitative estimate of drug-likeness (QED) is 0.841. The van der Waals surface area contributed by atoms with Crippen molar-refractivity contribution in [2.24, 2.45) is 0 Å². The summed E-state index contributed by atoms with van der Waals surface area (Å²) in [6, 6.07) is 9.07. The van der Waals surface area contributed by atoms with Gasteiger partial charge >= 0.3 is 0 Å². The third kappa shape index (κ3) is 3.39. The summed E-state index contributed by atoms with van der Waals surface area (Å²) in [4.78, 5) is 0. The van der Waals surface area contributed by atoms with Gasteiger partial charge in [-0.1, -0.05) is 17.7 Å². The van der Waals surface area contributed by atoms with Crippen LogP contribution in [0.2, 0.25) is 5.02 Å². The Kier molecular flexibility index (Phi) is 4.08. The van der Waals surface area contributed by atoms with Crippen molar-refractivity contribution in [1.29, 1.82) is 0 Å². The molecule has 0 aliphatic carbocycles. The maximum atomic E-state index is 5.95. The topological polar surface area (TPSA) is 24.1 Å². The number of hydrogen-bond donors (Lipinski definition) is 2. The van der Waals surface area contributed by atoms with Crippen LogP contribution in [0.5, 0.6) is 0 Å². The van der Waals surface area contributed by atoms with Crippen molar-refractivity contribution in [2.75, 3.05) is 11.9 Å². The predicted octanol–water partition coefficient (Wildman–Crippen LogP) is 3.28. The standard InChI is InChI=1S/C13H19ClN2/c1-10(8-12-6-3-7-15-12)16-13-5-2-4-11(14)9-13/h2,4-5,9-10,12,15-16H,3,6-8H2,1H3. The Balaban J connectivity index is 1.84. The second kappa shape index (κ2) is 5.55. The maximum absolute atomic E-state index is 5.95. The molecule has 0 spiro atoms. The Morgan fingerprint density at radius 2 is 2.44 bits per heavy atom. The minimum atomic E-state index is 0.481. The molecule has 1 heterocycles. The fourth-order valence-electron chi connectivity index (χ4n) is 2.31. The molecule has 1 aliphatic rings. The zero-order valence-corrected chi connectivity index (χ0v) is 10.4. The Bertz CT molecular complexity index is 334. The van der Waals surface area contributed by atoms with Crippen molar-refractivity contribution in [3.05, 3.63) is 29.3 Å². The van der Waals surface area contributed by atoms with Crippen LogP contribution in [0.3, 0.4) is 0 Å². The summed E-state index contributed by atoms with van der Waals surface area (Å²) in [6.45, 7) is 3.40. The van der Waals surface area contributed by atoms with Crippen LogP contribution >= 0.6 is 11.6 Å². The molecule has 2 atom stereocenters. The number of hydrogen-bond acceptors (Lipinski definition) is 2. The number of anilines is 1. The molecular formula is C13H19ClN2. The SMILES string of the molecule is CC(CC1CCCN1)Nc1cccc(Cl)c1. The third-order valence-corrected chi connectivity index (χ3v) is 3.27. The summed E-state index contributed by atoms with van der Waals surface area (Å²) in [7, 11) is 0. The second-order valence-electron chi connectivity index (χ2n) is 4.58. The van der Waals surface area contributed by atoms with Crippen LogP contribution in [0.4, 0.5) is 5.69 Å². The molecule has 2 nitrogen and oxygen atoms in total. The second-order valence-corrected chi connectivity index (χ2v) is 5.02. The van der Waals surface area contributed by atoms with Crippen LogP contribution in [0, 0.1) is 0 Å². The van der Waals surface area contributed by atoms with Crippen LogP contribution in [0.25, 0.3) is 0 Å². The van der Waals surface area contributed by atoms with Gasteiger partial charge in [0, 0.05) is 22.8 Å². The van der Waals surface area contributed by atoms with E-state index in [0.29, 0.717) is 12.1 Å². The van der Waals surface area contributed by atoms with Crippen molar-refractivity contribution >= 4 is 17.3 Å². The molecule has 2 N–H and O–H groups in total. The molecule has 2 unspecified atom stereocenters. The smallest absolute Gasteiger partial charge is 0.0426 e. The van der Waals surface area contributed by atoms with Gasteiger partial charge in [0.2, 0.25) is 0 Å². The van der Waals surface area contributed by atoms with Crippen LogP contribution in [0.15, 0.2) is 24.3 Å². The van der Waals surface area contributed by atoms with E-state index in [4.69, 9.17) is 11.6 Å². The fourth-order valence-corrected chi connectivity index (χ4v) is 2.50. The lowest BCUT2D eigenvalue weighted by Crippen LogP contribution is -2.29. The van der Waals surface area contributed by atoms with E-state index in [-0.39, 0.29) is 0 Å². The Morgan fingerprint density at radius 3 is 3.12 bits per heavy atom. The van der Waals surface area contributed by atoms with Crippen LogP contribution in [-0.2, 0) is 0 Å². The Labute approximate surface area is 102 Å². The van der Waals surface area contributed by atoms with Crippen molar-refractivity contribution in [3.63, 3.8) is 0 Å². The number of halogens is 1. The molecule has 1 fully saturated rings. The average molecular weight is 239 g/mol. The van der Waals surface area contributed by atoms with Gasteiger partial charge in [0.15, 0.2) is 0 Å². The molecule has 3 heteroatoms. The molecule has 0 amide bonds. The number of rotatable bonds is 4. The minimum Gasteiger partial charge on any atom is -0.382 e. The molecule has 0 radical (unpaired) electrons. The third-order valence-electron chi connectivity index (χ3n) is 3.04. The van der Waals surface area contributed by atoms with Gasteiger partial charge in [-0.25, -0.2) is 0 Å². The maximum Gasteiger partial charge on any atom is 0.0426 e. The molecule has 1 aromatic rings. The highest BCUT2D eigenvalue weighted by Crippen LogP contribution is 2.18. The highest BCUT2D eigenvalue weighted by Gasteiger charge is 2.16. The average Bonchev–Trinajstić information content (AvgIpc) is 2.70. The highest BCUT2D eigenvalue weighted by atomic mass is 35.5. The Morgan fingerprint density at radius 1 is 1.56 bits per heavy atom. The first-order valence-corrected chi connectivity index (χ1v) is 6.37. The van der Waals surface area contributed by atoms with Crippen LogP contribution in [-0.4, -0.2) is 18.6 Å². The van der Waals surface area contributed by atoms with E-state index in [2.05, 4.69) is 23.6 Å². The first-order chi connectivity index (χ1) is 7.74. The van der Waals surface area contributed by atoms with Crippen LogP contribution in [0.1, 0.15) is 26.2 Å². The molecule has 2 rings (SSSR count). The summed E-state index contributed by atoms with van der Waals surface area (Å²) < 4.78 is 0. The largest absolute Gasteiger partial charge is 0.382 e. The molecule has 0 saturated carbocycles. The van der Waals surface area contributed by atoms with Crippen molar-refractivity contribution in [1.82, 2.24) is 5.32 Å². The van der Waals surface area contributed by atoms with E-state index in [0.717, 1.165) is 10.7 Å². The molecule has 88 valence electrons. The summed E-state index contributed by atoms with van der Waals surface area (Å²) in [6.07, 6.45) is 3.79. The van der Waals surface area contributed by atoms with Crippen molar-refractivity contribution < 1.29 is 0 Å². The molecule has 0 bridgehead atoms. The summed E-state index contributed by atoms with van der Waals surface area (Å²) in [5, 5.41) is 7.79. The van der Waals surface area contributed by atoms with Gasteiger partial charge < -0.3 is 10.6 Å². The van der Waals surface area contributed by atoms with E-state index in [9.17, 15) is 0 Å². The van der Waals surface area contributed by atoms with Gasteiger partial charge in [0.1, 0.15) is 0 Å². The zero-order chi connectivity index (χ0) is 11.4. The van der Waals surface area contributed by atoms with Gasteiger partial charge in [-0.3, -0.25) is 0 Å². The molecule has 1 aromatic carbocycles. The van der Waals surface area contributed by atoms with Gasteiger partial charge in [0.25, 0.3) is 0 Å². The summed E-state index contributed by atoms with van der Waals surface area (Å²) >= 11 is 5.95. The van der Waals surface area contributed by atoms with E-state index < -0.39 is 0 Å². The van der Waals surface area contributed by atoms with E-state index in [1.807, 2.05) is 18.2 Å². The fraction of sp³-hybridized carbons (Fsp3) is 0.538. The highest BCUT2D eigenvalue weighted by molar-refractivity contribution is 6.30. The monoisotopic (exact) mass is 238 g/mol. The number of nitrogens with one attached hydrogen (secondary N) is 2. The van der Waals surface area contributed by atoms with Gasteiger partial charge in [-0.15, -0.1) is 0 Å². The van der Waals surface area contributed by atoms with Gasteiger partial charge in [-0.2, -0.15) is 0 Å². The zero-order valence-electron chi connectivity index (χ0n) is 9.67. The summed E-state index contributed by atoms with van der Waals surface area (Å²) in [5.41, 5.74) is 1.11. The Hall–Kier alpha value is -0.730. The number of benzene rings is 1. The summed E-state index contributed by atoms with van der Waals surface area (Å²) in [5.74, 6) is 0. The van der Waals surface area contributed by atoms with E-state index in [1.54, 1.807) is 0 Å². The molecule has 1 saturated heterocycles. The van der Waals surface area contributed by atoms with Gasteiger partial charge in [0.05, 0.1) is 0 Å².